The minimum Gasteiger partial charge on any atom is -0.481 e. The van der Waals surface area contributed by atoms with E-state index in [-0.39, 0.29) is 11.9 Å². The lowest BCUT2D eigenvalue weighted by Gasteiger charge is -2.23. The van der Waals surface area contributed by atoms with Gasteiger partial charge in [0.1, 0.15) is 0 Å². The second kappa shape index (κ2) is 4.90. The maximum absolute atomic E-state index is 12.5. The van der Waals surface area contributed by atoms with Crippen molar-refractivity contribution in [2.75, 3.05) is 6.54 Å². The number of hydrogen-bond acceptors (Lipinski definition) is 3. The minimum absolute atomic E-state index is 0.0871. The van der Waals surface area contributed by atoms with Crippen molar-refractivity contribution in [3.63, 3.8) is 0 Å². The molecule has 5 nitrogen and oxygen atoms in total. The highest BCUT2D eigenvalue weighted by Crippen LogP contribution is 2.27. The summed E-state index contributed by atoms with van der Waals surface area (Å²) in [5.74, 6) is -1.37. The number of carbonyl (C=O) groups is 2. The number of likely N-dealkylation sites (tertiary alicyclic amines) is 1. The molecule has 0 bridgehead atoms. The number of carboxylic acid groups (broad SMARTS) is 1. The van der Waals surface area contributed by atoms with E-state index < -0.39 is 11.9 Å². The Labute approximate surface area is 117 Å². The average molecular weight is 275 g/mol. The summed E-state index contributed by atoms with van der Waals surface area (Å²) in [7, 11) is 0. The van der Waals surface area contributed by atoms with E-state index in [0.717, 1.165) is 11.1 Å². The molecule has 0 aromatic heterocycles. The van der Waals surface area contributed by atoms with Crippen molar-refractivity contribution in [3.8, 4) is 0 Å². The van der Waals surface area contributed by atoms with Crippen molar-refractivity contribution in [3.05, 3.63) is 34.9 Å². The largest absolute Gasteiger partial charge is 0.481 e. The summed E-state index contributed by atoms with van der Waals surface area (Å²) in [6.45, 7) is 3.46. The van der Waals surface area contributed by atoms with Crippen LogP contribution >= 0.6 is 0 Å². The summed E-state index contributed by atoms with van der Waals surface area (Å²) >= 11 is 0. The lowest BCUT2D eigenvalue weighted by molar-refractivity contribution is -0.142. The molecule has 0 radical (unpaired) electrons. The normalized spacial score (nSPS) is 24.8. The van der Waals surface area contributed by atoms with E-state index in [4.69, 9.17) is 9.84 Å². The zero-order chi connectivity index (χ0) is 14.3. The van der Waals surface area contributed by atoms with Crippen molar-refractivity contribution in [2.45, 2.75) is 32.6 Å². The summed E-state index contributed by atoms with van der Waals surface area (Å²) in [6.07, 6.45) is 0.524. The van der Waals surface area contributed by atoms with Crippen LogP contribution in [0.3, 0.4) is 0 Å². The quantitative estimate of drug-likeness (QED) is 0.891. The molecule has 2 aliphatic rings. The van der Waals surface area contributed by atoms with Crippen LogP contribution in [-0.2, 0) is 22.7 Å². The summed E-state index contributed by atoms with van der Waals surface area (Å²) in [4.78, 5) is 25.3. The molecular weight excluding hydrogens is 258 g/mol. The maximum atomic E-state index is 12.5. The van der Waals surface area contributed by atoms with E-state index in [9.17, 15) is 9.59 Å². The first-order valence-corrected chi connectivity index (χ1v) is 6.81. The minimum atomic E-state index is -0.824. The zero-order valence-corrected chi connectivity index (χ0v) is 11.3. The zero-order valence-electron chi connectivity index (χ0n) is 11.3. The summed E-state index contributed by atoms with van der Waals surface area (Å²) in [5.41, 5.74) is 2.80. The molecule has 0 saturated carbocycles. The molecule has 1 saturated heterocycles. The molecule has 0 spiro atoms. The van der Waals surface area contributed by atoms with Crippen molar-refractivity contribution in [1.82, 2.24) is 4.90 Å². The molecular formula is C15H17NO4. The number of hydrogen-bond donors (Lipinski definition) is 1. The van der Waals surface area contributed by atoms with Crippen molar-refractivity contribution >= 4 is 11.9 Å². The monoisotopic (exact) mass is 275 g/mol. The molecule has 1 fully saturated rings. The average Bonchev–Trinajstić information content (AvgIpc) is 3.03. The molecule has 0 aliphatic carbocycles. The molecule has 1 amide bonds. The maximum Gasteiger partial charge on any atom is 0.308 e. The number of ether oxygens (including phenoxy) is 1. The van der Waals surface area contributed by atoms with Gasteiger partial charge in [-0.2, -0.15) is 0 Å². The van der Waals surface area contributed by atoms with E-state index in [1.807, 2.05) is 12.1 Å². The van der Waals surface area contributed by atoms with Gasteiger partial charge in [0.05, 0.1) is 19.1 Å². The lowest BCUT2D eigenvalue weighted by atomic mass is 10.0. The molecule has 3 rings (SSSR count). The Morgan fingerprint density at radius 1 is 1.30 bits per heavy atom. The first-order chi connectivity index (χ1) is 9.58. The molecule has 5 heteroatoms. The Kier molecular flexibility index (Phi) is 3.22. The Hall–Kier alpha value is -1.88. The molecule has 2 heterocycles. The fraction of sp³-hybridized carbons (Fsp3) is 0.467. The number of rotatable bonds is 2. The van der Waals surface area contributed by atoms with Gasteiger partial charge in [-0.3, -0.25) is 9.59 Å². The predicted molar refractivity (Wildman–Crippen MR) is 71.2 cm³/mol. The van der Waals surface area contributed by atoms with Crippen molar-refractivity contribution < 1.29 is 19.4 Å². The van der Waals surface area contributed by atoms with Crippen LogP contribution in [-0.4, -0.2) is 34.5 Å². The number of amides is 1. The van der Waals surface area contributed by atoms with E-state index in [2.05, 4.69) is 0 Å². The number of aliphatic carboxylic acids is 1. The van der Waals surface area contributed by atoms with Crippen LogP contribution in [0.2, 0.25) is 0 Å². The van der Waals surface area contributed by atoms with E-state index in [1.165, 1.54) is 0 Å². The number of benzene rings is 1. The van der Waals surface area contributed by atoms with Crippen molar-refractivity contribution in [2.24, 2.45) is 5.92 Å². The van der Waals surface area contributed by atoms with Gasteiger partial charge in [-0.25, -0.2) is 0 Å². The molecule has 20 heavy (non-hydrogen) atoms. The van der Waals surface area contributed by atoms with Crippen LogP contribution in [0, 0.1) is 5.92 Å². The van der Waals surface area contributed by atoms with Crippen LogP contribution in [0.5, 0.6) is 0 Å². The van der Waals surface area contributed by atoms with Gasteiger partial charge in [-0.1, -0.05) is 6.07 Å². The van der Waals surface area contributed by atoms with Gasteiger partial charge < -0.3 is 14.7 Å². The second-order valence-corrected chi connectivity index (χ2v) is 5.45. The molecule has 2 unspecified atom stereocenters. The number of carboxylic acids is 1. The molecule has 1 aromatic carbocycles. The Bertz CT molecular complexity index is 569. The number of carbonyl (C=O) groups excluding carboxylic acids is 1. The third-order valence-electron chi connectivity index (χ3n) is 4.30. The van der Waals surface area contributed by atoms with Crippen LogP contribution in [0.1, 0.15) is 34.8 Å². The Morgan fingerprint density at radius 3 is 2.75 bits per heavy atom. The standard InChI is InChI=1S/C15H17NO4/c1-9-13(15(18)19)4-5-16(9)14(17)10-2-3-11-7-20-8-12(11)6-10/h2-3,6,9,13H,4-5,7-8H2,1H3,(H,18,19). The van der Waals surface area contributed by atoms with Gasteiger partial charge in [0.2, 0.25) is 0 Å². The highest BCUT2D eigenvalue weighted by Gasteiger charge is 2.38. The van der Waals surface area contributed by atoms with Crippen LogP contribution in [0.25, 0.3) is 0 Å². The summed E-state index contributed by atoms with van der Waals surface area (Å²) in [5, 5.41) is 9.13. The Balaban J connectivity index is 1.81. The van der Waals surface area contributed by atoms with Gasteiger partial charge in [-0.15, -0.1) is 0 Å². The molecule has 1 aromatic rings. The molecule has 106 valence electrons. The number of nitrogens with zero attached hydrogens (tertiary/aromatic N) is 1. The van der Waals surface area contributed by atoms with Crippen LogP contribution in [0.15, 0.2) is 18.2 Å². The second-order valence-electron chi connectivity index (χ2n) is 5.45. The molecule has 2 aliphatic heterocycles. The van der Waals surface area contributed by atoms with E-state index in [1.54, 1.807) is 17.9 Å². The predicted octanol–water partition coefficient (Wildman–Crippen LogP) is 1.65. The Morgan fingerprint density at radius 2 is 2.05 bits per heavy atom. The van der Waals surface area contributed by atoms with Gasteiger partial charge in [0.15, 0.2) is 0 Å². The van der Waals surface area contributed by atoms with E-state index >= 15 is 0 Å². The van der Waals surface area contributed by atoms with Crippen LogP contribution in [0.4, 0.5) is 0 Å². The SMILES string of the molecule is CC1C(C(=O)O)CCN1C(=O)c1ccc2c(c1)COC2. The lowest BCUT2D eigenvalue weighted by Crippen LogP contribution is -2.37. The topological polar surface area (TPSA) is 66.8 Å². The summed E-state index contributed by atoms with van der Waals surface area (Å²) in [6, 6.07) is 5.33. The van der Waals surface area contributed by atoms with Gasteiger partial charge in [0.25, 0.3) is 5.91 Å². The van der Waals surface area contributed by atoms with Crippen LogP contribution < -0.4 is 0 Å². The summed E-state index contributed by atoms with van der Waals surface area (Å²) < 4.78 is 5.34. The fourth-order valence-corrected chi connectivity index (χ4v) is 3.03. The first-order valence-electron chi connectivity index (χ1n) is 6.81. The molecule has 2 atom stereocenters. The third kappa shape index (κ3) is 2.08. The highest BCUT2D eigenvalue weighted by atomic mass is 16.5. The van der Waals surface area contributed by atoms with Crippen molar-refractivity contribution in [1.29, 1.82) is 0 Å². The van der Waals surface area contributed by atoms with Gasteiger partial charge in [-0.05, 0) is 36.6 Å². The van der Waals surface area contributed by atoms with Gasteiger partial charge in [0, 0.05) is 18.2 Å². The van der Waals surface area contributed by atoms with E-state index in [0.29, 0.717) is 31.7 Å². The first kappa shape index (κ1) is 13.1. The highest BCUT2D eigenvalue weighted by molar-refractivity contribution is 5.95. The van der Waals surface area contributed by atoms with Gasteiger partial charge >= 0.3 is 5.97 Å². The fourth-order valence-electron chi connectivity index (χ4n) is 3.03. The molecule has 1 N–H and O–H groups in total. The smallest absolute Gasteiger partial charge is 0.308 e. The number of fused-ring (bicyclic) bond motifs is 1. The third-order valence-corrected chi connectivity index (χ3v) is 4.30.